The van der Waals surface area contributed by atoms with Crippen molar-refractivity contribution in [2.75, 3.05) is 6.54 Å². The van der Waals surface area contributed by atoms with Crippen molar-refractivity contribution < 1.29 is 4.90 Å². The van der Waals surface area contributed by atoms with E-state index in [-0.39, 0.29) is 0 Å². The van der Waals surface area contributed by atoms with Crippen LogP contribution in [0.25, 0.3) is 17.1 Å². The lowest BCUT2D eigenvalue weighted by atomic mass is 10.0. The number of hydrogen-bond acceptors (Lipinski definition) is 3. The fourth-order valence-electron chi connectivity index (χ4n) is 3.99. The van der Waals surface area contributed by atoms with Crippen LogP contribution >= 0.6 is 12.2 Å². The van der Waals surface area contributed by atoms with Crippen LogP contribution in [0.5, 0.6) is 0 Å². The van der Waals surface area contributed by atoms with Gasteiger partial charge in [-0.3, -0.25) is 9.55 Å². The van der Waals surface area contributed by atoms with Gasteiger partial charge in [0, 0.05) is 35.6 Å². The molecule has 0 aliphatic carbocycles. The van der Waals surface area contributed by atoms with Crippen LogP contribution in [-0.2, 0) is 19.6 Å². The maximum Gasteiger partial charge on any atom is 0.207 e. The number of pyridine rings is 1. The number of benzene rings is 2. The second kappa shape index (κ2) is 7.73. The third-order valence-corrected chi connectivity index (χ3v) is 5.85. The van der Waals surface area contributed by atoms with Gasteiger partial charge in [-0.1, -0.05) is 42.5 Å². The smallest absolute Gasteiger partial charge is 0.207 e. The van der Waals surface area contributed by atoms with Crippen molar-refractivity contribution in [2.24, 2.45) is 0 Å². The number of para-hydroxylation sites is 1. The van der Waals surface area contributed by atoms with Gasteiger partial charge in [-0.15, -0.1) is 5.10 Å². The fraction of sp³-hybridized carbons (Fsp3) is 0.174. The molecule has 144 valence electrons. The highest BCUT2D eigenvalue weighted by molar-refractivity contribution is 7.71. The lowest BCUT2D eigenvalue weighted by molar-refractivity contribution is -0.939. The van der Waals surface area contributed by atoms with Crippen LogP contribution in [0.1, 0.15) is 11.1 Å². The summed E-state index contributed by atoms with van der Waals surface area (Å²) < 4.78 is 4.72. The minimum atomic E-state index is 0.710. The van der Waals surface area contributed by atoms with E-state index in [1.54, 1.807) is 6.20 Å². The summed E-state index contributed by atoms with van der Waals surface area (Å²) in [6.07, 6.45) is 4.70. The highest BCUT2D eigenvalue weighted by Gasteiger charge is 2.22. The standard InChI is InChI=1S/C23H21N5S/c29-23-27(17-26-14-12-18-7-4-5-8-20(18)16-26)25-22(19-9-6-13-24-15-19)28(23)21-10-2-1-3-11-21/h1-11,13,15H,12,14,16-17H2/p+1. The molecule has 0 amide bonds. The first kappa shape index (κ1) is 18.0. The Kier molecular flexibility index (Phi) is 4.79. The molecule has 2 aromatic carbocycles. The van der Waals surface area contributed by atoms with Crippen LogP contribution in [0.15, 0.2) is 79.1 Å². The van der Waals surface area contributed by atoms with E-state index in [1.807, 2.05) is 45.8 Å². The molecule has 0 saturated heterocycles. The first-order valence-electron chi connectivity index (χ1n) is 9.85. The molecule has 0 saturated carbocycles. The molecule has 5 rings (SSSR count). The molecule has 2 aromatic heterocycles. The zero-order valence-electron chi connectivity index (χ0n) is 16.0. The Labute approximate surface area is 174 Å². The quantitative estimate of drug-likeness (QED) is 0.535. The summed E-state index contributed by atoms with van der Waals surface area (Å²) in [6, 6.07) is 22.9. The maximum atomic E-state index is 5.87. The Morgan fingerprint density at radius 2 is 1.72 bits per heavy atom. The molecule has 6 heteroatoms. The highest BCUT2D eigenvalue weighted by Crippen LogP contribution is 2.21. The van der Waals surface area contributed by atoms with Crippen LogP contribution in [0.3, 0.4) is 0 Å². The first-order chi connectivity index (χ1) is 14.3. The van der Waals surface area contributed by atoms with E-state index in [0.29, 0.717) is 4.77 Å². The van der Waals surface area contributed by atoms with Crippen molar-refractivity contribution >= 4 is 12.2 Å². The molecule has 29 heavy (non-hydrogen) atoms. The van der Waals surface area contributed by atoms with Crippen LogP contribution < -0.4 is 4.90 Å². The summed E-state index contributed by atoms with van der Waals surface area (Å²) in [5, 5.41) is 4.92. The van der Waals surface area contributed by atoms with E-state index in [9.17, 15) is 0 Å². The molecular formula is C23H22N5S+. The van der Waals surface area contributed by atoms with Crippen molar-refractivity contribution in [2.45, 2.75) is 19.6 Å². The lowest BCUT2D eigenvalue weighted by Gasteiger charge is -2.25. The predicted octanol–water partition coefficient (Wildman–Crippen LogP) is 3.06. The molecule has 0 bridgehead atoms. The van der Waals surface area contributed by atoms with Gasteiger partial charge in [0.25, 0.3) is 0 Å². The lowest BCUT2D eigenvalue weighted by Crippen LogP contribution is -3.11. The van der Waals surface area contributed by atoms with Gasteiger partial charge >= 0.3 is 0 Å². The number of hydrogen-bond donors (Lipinski definition) is 1. The molecule has 1 unspecified atom stereocenters. The summed E-state index contributed by atoms with van der Waals surface area (Å²) in [5.74, 6) is 0.825. The monoisotopic (exact) mass is 400 g/mol. The molecule has 1 aliphatic rings. The van der Waals surface area contributed by atoms with E-state index in [1.165, 1.54) is 16.0 Å². The van der Waals surface area contributed by atoms with Crippen LogP contribution in [0.2, 0.25) is 0 Å². The number of quaternary nitrogens is 1. The third kappa shape index (κ3) is 3.52. The van der Waals surface area contributed by atoms with Crippen LogP contribution in [-0.4, -0.2) is 25.9 Å². The minimum Gasteiger partial charge on any atom is -0.312 e. The van der Waals surface area contributed by atoms with Gasteiger partial charge in [0.2, 0.25) is 4.77 Å². The SMILES string of the molecule is S=c1n(C[NH+]2CCc3ccccc3C2)nc(-c2cccnc2)n1-c1ccccc1. The third-order valence-electron chi connectivity index (χ3n) is 5.45. The van der Waals surface area contributed by atoms with Gasteiger partial charge < -0.3 is 4.90 Å². The second-order valence-corrected chi connectivity index (χ2v) is 7.74. The van der Waals surface area contributed by atoms with Gasteiger partial charge in [0.15, 0.2) is 12.5 Å². The summed E-state index contributed by atoms with van der Waals surface area (Å²) >= 11 is 5.87. The second-order valence-electron chi connectivity index (χ2n) is 7.37. The van der Waals surface area contributed by atoms with Crippen molar-refractivity contribution in [3.05, 3.63) is 95.0 Å². The fourth-order valence-corrected chi connectivity index (χ4v) is 4.29. The number of nitrogens with zero attached hydrogens (tertiary/aromatic N) is 4. The average Bonchev–Trinajstić information content (AvgIpc) is 3.11. The Bertz CT molecular complexity index is 1180. The molecule has 1 aliphatic heterocycles. The minimum absolute atomic E-state index is 0.710. The topological polar surface area (TPSA) is 40.1 Å². The largest absolute Gasteiger partial charge is 0.312 e. The number of rotatable bonds is 4. The Balaban J connectivity index is 1.53. The van der Waals surface area contributed by atoms with E-state index in [4.69, 9.17) is 17.3 Å². The van der Waals surface area contributed by atoms with Crippen molar-refractivity contribution in [1.82, 2.24) is 19.3 Å². The normalized spacial score (nSPS) is 15.8. The first-order valence-corrected chi connectivity index (χ1v) is 10.3. The molecule has 0 radical (unpaired) electrons. The number of fused-ring (bicyclic) bond motifs is 1. The van der Waals surface area contributed by atoms with Gasteiger partial charge in [0.1, 0.15) is 6.54 Å². The number of nitrogens with one attached hydrogen (secondary N) is 1. The van der Waals surface area contributed by atoms with E-state index in [0.717, 1.165) is 43.3 Å². The Morgan fingerprint density at radius 3 is 2.52 bits per heavy atom. The van der Waals surface area contributed by atoms with Crippen molar-refractivity contribution in [3.63, 3.8) is 0 Å². The summed E-state index contributed by atoms with van der Waals surface area (Å²) in [4.78, 5) is 5.74. The molecule has 1 N–H and O–H groups in total. The molecular weight excluding hydrogens is 378 g/mol. The summed E-state index contributed by atoms with van der Waals surface area (Å²) in [5.41, 5.74) is 4.86. The summed E-state index contributed by atoms with van der Waals surface area (Å²) in [6.45, 7) is 2.83. The zero-order chi connectivity index (χ0) is 19.6. The maximum absolute atomic E-state index is 5.87. The van der Waals surface area contributed by atoms with Gasteiger partial charge in [-0.25, -0.2) is 0 Å². The van der Waals surface area contributed by atoms with E-state index in [2.05, 4.69) is 41.4 Å². The summed E-state index contributed by atoms with van der Waals surface area (Å²) in [7, 11) is 0. The highest BCUT2D eigenvalue weighted by atomic mass is 32.1. The Hall–Kier alpha value is -3.09. The predicted molar refractivity (Wildman–Crippen MR) is 115 cm³/mol. The van der Waals surface area contributed by atoms with Crippen LogP contribution in [0.4, 0.5) is 0 Å². The molecule has 1 atom stereocenters. The Morgan fingerprint density at radius 1 is 0.931 bits per heavy atom. The molecule has 5 nitrogen and oxygen atoms in total. The van der Waals surface area contributed by atoms with Crippen molar-refractivity contribution in [1.29, 1.82) is 0 Å². The van der Waals surface area contributed by atoms with E-state index >= 15 is 0 Å². The molecule has 0 fully saturated rings. The van der Waals surface area contributed by atoms with Crippen LogP contribution in [0, 0.1) is 4.77 Å². The van der Waals surface area contributed by atoms with Gasteiger partial charge in [-0.2, -0.15) is 4.68 Å². The van der Waals surface area contributed by atoms with Crippen molar-refractivity contribution in [3.8, 4) is 17.1 Å². The molecule has 3 heterocycles. The number of aromatic nitrogens is 4. The van der Waals surface area contributed by atoms with Gasteiger partial charge in [-0.05, 0) is 42.0 Å². The zero-order valence-corrected chi connectivity index (χ0v) is 16.8. The van der Waals surface area contributed by atoms with Gasteiger partial charge in [0.05, 0.1) is 6.54 Å². The molecule has 4 aromatic rings. The average molecular weight is 401 g/mol. The molecule has 0 spiro atoms. The van der Waals surface area contributed by atoms with E-state index < -0.39 is 0 Å².